The first-order valence-electron chi connectivity index (χ1n) is 11.7. The van der Waals surface area contributed by atoms with Crippen LogP contribution in [0.25, 0.3) is 6.08 Å². The fourth-order valence-corrected chi connectivity index (χ4v) is 5.42. The van der Waals surface area contributed by atoms with Crippen molar-refractivity contribution in [2.45, 2.75) is 13.0 Å². The molecule has 8 heteroatoms. The lowest BCUT2D eigenvalue weighted by molar-refractivity contribution is -0.113. The zero-order valence-electron chi connectivity index (χ0n) is 20.6. The molecule has 0 saturated heterocycles. The van der Waals surface area contributed by atoms with Crippen LogP contribution in [0.5, 0.6) is 11.5 Å². The first kappa shape index (κ1) is 24.3. The molecule has 1 aromatic heterocycles. The smallest absolute Gasteiger partial charge is 0.271 e. The fraction of sp³-hybridized carbons (Fsp3) is 0.138. The number of para-hydroxylation sites is 1. The van der Waals surface area contributed by atoms with Gasteiger partial charge in [-0.25, -0.2) is 4.99 Å². The van der Waals surface area contributed by atoms with Gasteiger partial charge in [0.15, 0.2) is 16.3 Å². The number of nitrogens with one attached hydrogen (secondary N) is 1. The lowest BCUT2D eigenvalue weighted by atomic mass is 9.95. The van der Waals surface area contributed by atoms with Crippen LogP contribution in [0.15, 0.2) is 99.9 Å². The Balaban J connectivity index is 1.65. The Morgan fingerprint density at radius 3 is 2.32 bits per heavy atom. The number of nitrogens with zero attached hydrogens (tertiary/aromatic N) is 2. The molecule has 1 aliphatic heterocycles. The molecule has 7 nitrogen and oxygen atoms in total. The Morgan fingerprint density at radius 1 is 0.973 bits per heavy atom. The number of carbonyl (C=O) groups excluding carboxylic acids is 1. The lowest BCUT2D eigenvalue weighted by Crippen LogP contribution is -2.40. The molecule has 0 aliphatic carbocycles. The second-order valence-corrected chi connectivity index (χ2v) is 9.44. The topological polar surface area (TPSA) is 81.9 Å². The van der Waals surface area contributed by atoms with Gasteiger partial charge >= 0.3 is 0 Å². The number of allylic oxidation sites excluding steroid dienone is 1. The van der Waals surface area contributed by atoms with Gasteiger partial charge in [-0.2, -0.15) is 0 Å². The number of fused-ring (bicyclic) bond motifs is 1. The van der Waals surface area contributed by atoms with Crippen LogP contribution in [-0.4, -0.2) is 24.7 Å². The molecule has 1 aliphatic rings. The normalized spacial score (nSPS) is 15.1. The molecule has 0 radical (unpaired) electrons. The quantitative estimate of drug-likeness (QED) is 0.426. The minimum Gasteiger partial charge on any atom is -0.493 e. The van der Waals surface area contributed by atoms with Crippen molar-refractivity contribution in [1.29, 1.82) is 0 Å². The van der Waals surface area contributed by atoms with Crippen LogP contribution < -0.4 is 29.7 Å². The molecular formula is C29H25N3O4S. The van der Waals surface area contributed by atoms with Crippen molar-refractivity contribution in [3.8, 4) is 11.5 Å². The molecule has 186 valence electrons. The highest BCUT2D eigenvalue weighted by atomic mass is 32.1. The second-order valence-electron chi connectivity index (χ2n) is 8.43. The summed E-state index contributed by atoms with van der Waals surface area (Å²) >= 11 is 1.29. The minimum atomic E-state index is -0.617. The number of rotatable bonds is 6. The first-order valence-corrected chi connectivity index (χ1v) is 12.5. The van der Waals surface area contributed by atoms with Gasteiger partial charge in [-0.05, 0) is 48.4 Å². The van der Waals surface area contributed by atoms with Gasteiger partial charge in [0.1, 0.15) is 0 Å². The van der Waals surface area contributed by atoms with E-state index in [1.54, 1.807) is 37.9 Å². The summed E-state index contributed by atoms with van der Waals surface area (Å²) in [7, 11) is 3.15. The molecule has 2 heterocycles. The number of ether oxygens (including phenoxy) is 2. The minimum absolute atomic E-state index is 0.218. The van der Waals surface area contributed by atoms with E-state index in [4.69, 9.17) is 9.47 Å². The van der Waals surface area contributed by atoms with Gasteiger partial charge < -0.3 is 14.8 Å². The standard InChI is InChI=1S/C29H25N3O4S/c1-18-25(27(33)31-21-12-8-5-9-13-21)26(20-10-6-4-7-11-20)32-28(34)24(37-29(32)30-18)17-19-14-15-22(35-2)23(16-19)36-3/h4-17,26H,1-3H3,(H,31,33)/b24-17-/t26-/m0/s1. The molecule has 0 bridgehead atoms. The van der Waals surface area contributed by atoms with Crippen molar-refractivity contribution in [3.05, 3.63) is 121 Å². The lowest BCUT2D eigenvalue weighted by Gasteiger charge is -2.25. The summed E-state index contributed by atoms with van der Waals surface area (Å²) in [6, 6.07) is 23.6. The van der Waals surface area contributed by atoms with E-state index >= 15 is 0 Å². The van der Waals surface area contributed by atoms with Crippen LogP contribution in [0.2, 0.25) is 0 Å². The predicted molar refractivity (Wildman–Crippen MR) is 145 cm³/mol. The van der Waals surface area contributed by atoms with E-state index in [2.05, 4.69) is 10.3 Å². The summed E-state index contributed by atoms with van der Waals surface area (Å²) in [4.78, 5) is 32.5. The van der Waals surface area contributed by atoms with E-state index in [1.807, 2.05) is 72.8 Å². The van der Waals surface area contributed by atoms with E-state index < -0.39 is 6.04 Å². The maximum absolute atomic E-state index is 13.8. The molecule has 0 spiro atoms. The molecule has 1 amide bonds. The maximum Gasteiger partial charge on any atom is 0.271 e. The van der Waals surface area contributed by atoms with Crippen LogP contribution in [0.1, 0.15) is 24.1 Å². The summed E-state index contributed by atoms with van der Waals surface area (Å²) in [5, 5.41) is 2.96. The van der Waals surface area contributed by atoms with Crippen LogP contribution in [0.4, 0.5) is 5.69 Å². The van der Waals surface area contributed by atoms with Crippen molar-refractivity contribution in [2.24, 2.45) is 4.99 Å². The third kappa shape index (κ3) is 4.71. The summed E-state index contributed by atoms with van der Waals surface area (Å²) in [5.74, 6) is 0.882. The number of methoxy groups -OCH3 is 2. The van der Waals surface area contributed by atoms with Crippen molar-refractivity contribution < 1.29 is 14.3 Å². The van der Waals surface area contributed by atoms with Crippen molar-refractivity contribution in [3.63, 3.8) is 0 Å². The Bertz CT molecular complexity index is 1670. The van der Waals surface area contributed by atoms with Crippen molar-refractivity contribution >= 4 is 29.0 Å². The van der Waals surface area contributed by atoms with Crippen LogP contribution in [0.3, 0.4) is 0 Å². The molecule has 0 fully saturated rings. The summed E-state index contributed by atoms with van der Waals surface area (Å²) in [6.45, 7) is 1.81. The average molecular weight is 512 g/mol. The van der Waals surface area contributed by atoms with Gasteiger partial charge in [-0.15, -0.1) is 0 Å². The Morgan fingerprint density at radius 2 is 1.65 bits per heavy atom. The molecule has 0 unspecified atom stereocenters. The van der Waals surface area contributed by atoms with Crippen LogP contribution >= 0.6 is 11.3 Å². The third-order valence-corrected chi connectivity index (χ3v) is 7.10. The molecule has 1 N–H and O–H groups in total. The van der Waals surface area contributed by atoms with Crippen LogP contribution in [0, 0.1) is 0 Å². The molecule has 0 saturated carbocycles. The monoisotopic (exact) mass is 511 g/mol. The number of amides is 1. The largest absolute Gasteiger partial charge is 0.493 e. The SMILES string of the molecule is COc1ccc(/C=c2\sc3n(c2=O)[C@@H](c2ccccc2)C(C(=O)Nc2ccccc2)=C(C)N=3)cc1OC. The fourth-order valence-electron chi connectivity index (χ4n) is 4.38. The van der Waals surface area contributed by atoms with Crippen LogP contribution in [-0.2, 0) is 4.79 Å². The Hall–Kier alpha value is -4.43. The summed E-state index contributed by atoms with van der Waals surface area (Å²) in [5.41, 5.74) is 3.07. The Kier molecular flexibility index (Phi) is 6.74. The highest BCUT2D eigenvalue weighted by molar-refractivity contribution is 7.07. The van der Waals surface area contributed by atoms with Crippen molar-refractivity contribution in [1.82, 2.24) is 4.57 Å². The molecule has 4 aromatic rings. The van der Waals surface area contributed by atoms with E-state index in [1.165, 1.54) is 11.3 Å². The number of hydrogen-bond acceptors (Lipinski definition) is 6. The molecule has 37 heavy (non-hydrogen) atoms. The maximum atomic E-state index is 13.8. The Labute approximate surface area is 217 Å². The average Bonchev–Trinajstić information content (AvgIpc) is 3.22. The molecule has 1 atom stereocenters. The number of benzene rings is 3. The van der Waals surface area contributed by atoms with Gasteiger partial charge in [0.25, 0.3) is 11.5 Å². The van der Waals surface area contributed by atoms with Gasteiger partial charge in [-0.3, -0.25) is 14.2 Å². The number of carbonyl (C=O) groups is 1. The zero-order chi connectivity index (χ0) is 25.9. The predicted octanol–water partition coefficient (Wildman–Crippen LogP) is 3.89. The summed E-state index contributed by atoms with van der Waals surface area (Å²) < 4.78 is 12.8. The van der Waals surface area contributed by atoms with E-state index in [9.17, 15) is 9.59 Å². The van der Waals surface area contributed by atoms with E-state index in [0.29, 0.717) is 37.8 Å². The van der Waals surface area contributed by atoms with Gasteiger partial charge in [-0.1, -0.05) is 65.9 Å². The third-order valence-electron chi connectivity index (χ3n) is 6.12. The van der Waals surface area contributed by atoms with Gasteiger partial charge in [0.05, 0.1) is 36.1 Å². The molecule has 3 aromatic carbocycles. The zero-order valence-corrected chi connectivity index (χ0v) is 21.4. The highest BCUT2D eigenvalue weighted by Gasteiger charge is 2.32. The molecule has 5 rings (SSSR count). The number of aromatic nitrogens is 1. The number of thiazole rings is 1. The molecular weight excluding hydrogens is 486 g/mol. The second kappa shape index (κ2) is 10.3. The van der Waals surface area contributed by atoms with E-state index in [-0.39, 0.29) is 11.5 Å². The first-order chi connectivity index (χ1) is 18.0. The number of hydrogen-bond donors (Lipinski definition) is 1. The van der Waals surface area contributed by atoms with Gasteiger partial charge in [0.2, 0.25) is 0 Å². The highest BCUT2D eigenvalue weighted by Crippen LogP contribution is 2.31. The summed E-state index contributed by atoms with van der Waals surface area (Å²) in [6.07, 6.45) is 1.80. The van der Waals surface area contributed by atoms with E-state index in [0.717, 1.165) is 11.1 Å². The number of anilines is 1. The van der Waals surface area contributed by atoms with Crippen molar-refractivity contribution in [2.75, 3.05) is 19.5 Å². The van der Waals surface area contributed by atoms with Gasteiger partial charge in [0, 0.05) is 5.69 Å².